The first-order chi connectivity index (χ1) is 14.1. The van der Waals surface area contributed by atoms with Crippen molar-refractivity contribution in [1.82, 2.24) is 0 Å². The number of ketones is 1. The number of rotatable bonds is 5. The molecule has 2 N–H and O–H groups in total. The minimum Gasteiger partial charge on any atom is -0.387 e. The third-order valence-electron chi connectivity index (χ3n) is 5.67. The third-order valence-corrected chi connectivity index (χ3v) is 6.00. The van der Waals surface area contributed by atoms with E-state index in [1.54, 1.807) is 0 Å². The van der Waals surface area contributed by atoms with Gasteiger partial charge in [0.25, 0.3) is 0 Å². The van der Waals surface area contributed by atoms with Gasteiger partial charge in [-0.2, -0.15) is 0 Å². The van der Waals surface area contributed by atoms with Crippen LogP contribution in [0, 0.1) is 5.92 Å². The lowest BCUT2D eigenvalue weighted by Crippen LogP contribution is -2.45. The molecule has 0 amide bonds. The molecule has 4 rings (SSSR count). The van der Waals surface area contributed by atoms with E-state index < -0.39 is 5.54 Å². The molecule has 0 fully saturated rings. The minimum absolute atomic E-state index is 0.0359. The number of benzene rings is 3. The Hall–Kier alpha value is -2.98. The number of hydrogen-bond acceptors (Lipinski definition) is 3. The topological polar surface area (TPSA) is 55.4 Å². The number of nitrogens with zero attached hydrogens (tertiary/aromatic N) is 1. The Morgan fingerprint density at radius 2 is 1.45 bits per heavy atom. The highest BCUT2D eigenvalue weighted by Crippen LogP contribution is 2.40. The lowest BCUT2D eigenvalue weighted by molar-refractivity contribution is -0.124. The summed E-state index contributed by atoms with van der Waals surface area (Å²) in [6.45, 7) is 0. The van der Waals surface area contributed by atoms with Crippen LogP contribution in [0.15, 0.2) is 89.9 Å². The lowest BCUT2D eigenvalue weighted by atomic mass is 9.74. The van der Waals surface area contributed by atoms with Gasteiger partial charge in [-0.15, -0.1) is 0 Å². The molecule has 0 saturated carbocycles. The van der Waals surface area contributed by atoms with Crippen molar-refractivity contribution in [3.05, 3.63) is 102 Å². The standard InChI is InChI=1S/C25H23N2OSi/c26-24-19(14-11-18-12-15-22(29)16-13-18)17-23(28)25(27-24,20-7-3-1-4-8-20)21-9-5-2-6-10-21/h1-10,12-13,15-16,19H,11,14,17H2,(H2,26,27). The van der Waals surface area contributed by atoms with Crippen molar-refractivity contribution in [3.63, 3.8) is 0 Å². The SMILES string of the molecule is NC1=NC(c2ccccc2)(c2ccccc2)C(=O)CC1CCc1ccc([Si])cc1. The van der Waals surface area contributed by atoms with Crippen LogP contribution < -0.4 is 10.9 Å². The molecule has 1 heterocycles. The third kappa shape index (κ3) is 3.81. The smallest absolute Gasteiger partial charge is 0.171 e. The summed E-state index contributed by atoms with van der Waals surface area (Å²) in [6.07, 6.45) is 2.07. The quantitative estimate of drug-likeness (QED) is 0.674. The summed E-state index contributed by atoms with van der Waals surface area (Å²) in [5, 5.41) is 1.05. The van der Waals surface area contributed by atoms with Gasteiger partial charge in [0.15, 0.2) is 11.3 Å². The van der Waals surface area contributed by atoms with Gasteiger partial charge in [0, 0.05) is 12.3 Å². The molecule has 1 atom stereocenters. The molecule has 1 unspecified atom stereocenters. The van der Waals surface area contributed by atoms with Gasteiger partial charge in [-0.25, -0.2) is 4.99 Å². The van der Waals surface area contributed by atoms with Gasteiger partial charge in [-0.3, -0.25) is 4.79 Å². The molecule has 143 valence electrons. The Balaban J connectivity index is 1.67. The highest BCUT2D eigenvalue weighted by atomic mass is 28.1. The maximum absolute atomic E-state index is 13.6. The van der Waals surface area contributed by atoms with Gasteiger partial charge in [-0.1, -0.05) is 90.1 Å². The molecule has 0 spiro atoms. The molecule has 29 heavy (non-hydrogen) atoms. The molecular weight excluding hydrogens is 372 g/mol. The molecule has 3 aromatic carbocycles. The highest BCUT2D eigenvalue weighted by Gasteiger charge is 2.46. The van der Waals surface area contributed by atoms with Crippen molar-refractivity contribution in [1.29, 1.82) is 0 Å². The average Bonchev–Trinajstić information content (AvgIpc) is 2.76. The molecule has 4 heteroatoms. The van der Waals surface area contributed by atoms with Crippen LogP contribution in [0.3, 0.4) is 0 Å². The van der Waals surface area contributed by atoms with E-state index in [-0.39, 0.29) is 11.7 Å². The lowest BCUT2D eigenvalue weighted by Gasteiger charge is -2.36. The van der Waals surface area contributed by atoms with Crippen LogP contribution >= 0.6 is 0 Å². The molecule has 3 aromatic rings. The molecule has 0 bridgehead atoms. The minimum atomic E-state index is -1.06. The van der Waals surface area contributed by atoms with Gasteiger partial charge >= 0.3 is 0 Å². The summed E-state index contributed by atoms with van der Waals surface area (Å²) in [4.78, 5) is 18.4. The average molecular weight is 396 g/mol. The van der Waals surface area contributed by atoms with Crippen LogP contribution in [0.5, 0.6) is 0 Å². The maximum Gasteiger partial charge on any atom is 0.171 e. The molecule has 0 aromatic heterocycles. The molecule has 3 nitrogen and oxygen atoms in total. The van der Waals surface area contributed by atoms with E-state index in [2.05, 4.69) is 22.4 Å². The van der Waals surface area contributed by atoms with E-state index >= 15 is 0 Å². The monoisotopic (exact) mass is 395 g/mol. The van der Waals surface area contributed by atoms with Crippen LogP contribution in [0.25, 0.3) is 0 Å². The van der Waals surface area contributed by atoms with Gasteiger partial charge < -0.3 is 5.73 Å². The number of carbonyl (C=O) groups excluding carboxylic acids is 1. The van der Waals surface area contributed by atoms with E-state index in [4.69, 9.17) is 10.7 Å². The van der Waals surface area contributed by atoms with E-state index in [1.807, 2.05) is 72.8 Å². The Bertz CT molecular complexity index is 974. The summed E-state index contributed by atoms with van der Waals surface area (Å²) >= 11 is 0. The van der Waals surface area contributed by atoms with Crippen molar-refractivity contribution >= 4 is 27.0 Å². The Kier molecular flexibility index (Phi) is 5.45. The second-order valence-electron chi connectivity index (χ2n) is 7.54. The van der Waals surface area contributed by atoms with Gasteiger partial charge in [-0.05, 0) is 29.5 Å². The number of aryl methyl sites for hydroxylation is 1. The zero-order valence-electron chi connectivity index (χ0n) is 16.2. The predicted molar refractivity (Wildman–Crippen MR) is 119 cm³/mol. The molecule has 1 aliphatic heterocycles. The number of hydrogen-bond donors (Lipinski definition) is 1. The molecular formula is C25H23N2OSi. The number of carbonyl (C=O) groups is 1. The largest absolute Gasteiger partial charge is 0.387 e. The number of nitrogens with two attached hydrogens (primary N) is 1. The Morgan fingerprint density at radius 1 is 0.897 bits per heavy atom. The Morgan fingerprint density at radius 3 is 2.00 bits per heavy atom. The van der Waals surface area contributed by atoms with Crippen LogP contribution in [0.2, 0.25) is 0 Å². The van der Waals surface area contributed by atoms with Crippen molar-refractivity contribution < 1.29 is 4.79 Å². The molecule has 0 saturated heterocycles. The normalized spacial score (nSPS) is 18.3. The zero-order valence-corrected chi connectivity index (χ0v) is 17.2. The summed E-state index contributed by atoms with van der Waals surface area (Å²) in [7, 11) is 3.51. The Labute approximate surface area is 175 Å². The first-order valence-corrected chi connectivity index (χ1v) is 10.4. The first kappa shape index (κ1) is 19.3. The fourth-order valence-corrected chi connectivity index (χ4v) is 4.23. The summed E-state index contributed by atoms with van der Waals surface area (Å²) in [6, 6.07) is 27.8. The van der Waals surface area contributed by atoms with Crippen molar-refractivity contribution in [3.8, 4) is 0 Å². The zero-order chi connectivity index (χ0) is 20.3. The summed E-state index contributed by atoms with van der Waals surface area (Å²) < 4.78 is 0. The van der Waals surface area contributed by atoms with E-state index in [0.29, 0.717) is 12.3 Å². The van der Waals surface area contributed by atoms with Crippen molar-refractivity contribution in [2.45, 2.75) is 24.8 Å². The van der Waals surface area contributed by atoms with Crippen molar-refractivity contribution in [2.24, 2.45) is 16.6 Å². The second-order valence-corrected chi connectivity index (χ2v) is 8.12. The maximum atomic E-state index is 13.6. The first-order valence-electron chi connectivity index (χ1n) is 9.90. The van der Waals surface area contributed by atoms with Gasteiger partial charge in [0.05, 0.1) is 16.1 Å². The summed E-state index contributed by atoms with van der Waals surface area (Å²) in [5.41, 5.74) is 8.38. The van der Waals surface area contributed by atoms with E-state index in [1.165, 1.54) is 5.56 Å². The number of aliphatic imine (C=N–C) groups is 1. The number of Topliss-reactive ketones (excluding diaryl/α,β-unsaturated/α-hetero) is 1. The van der Waals surface area contributed by atoms with E-state index in [0.717, 1.165) is 29.2 Å². The predicted octanol–water partition coefficient (Wildman–Crippen LogP) is 3.30. The van der Waals surface area contributed by atoms with Crippen LogP contribution in [0.1, 0.15) is 29.5 Å². The fraction of sp³-hybridized carbons (Fsp3) is 0.200. The fourth-order valence-electron chi connectivity index (χ4n) is 4.06. The second kappa shape index (κ2) is 8.17. The molecule has 0 aliphatic carbocycles. The van der Waals surface area contributed by atoms with E-state index in [9.17, 15) is 4.79 Å². The van der Waals surface area contributed by atoms with Crippen LogP contribution in [0.4, 0.5) is 0 Å². The molecule has 1 aliphatic rings. The van der Waals surface area contributed by atoms with Gasteiger partial charge in [0.2, 0.25) is 0 Å². The number of amidine groups is 1. The summed E-state index contributed by atoms with van der Waals surface area (Å²) in [5.74, 6) is 0.630. The highest BCUT2D eigenvalue weighted by molar-refractivity contribution is 6.32. The van der Waals surface area contributed by atoms with Crippen LogP contribution in [-0.2, 0) is 16.8 Å². The molecule has 3 radical (unpaired) electrons. The van der Waals surface area contributed by atoms with Crippen LogP contribution in [-0.4, -0.2) is 21.9 Å². The van der Waals surface area contributed by atoms with Gasteiger partial charge in [0.1, 0.15) is 0 Å². The van der Waals surface area contributed by atoms with Crippen molar-refractivity contribution in [2.75, 3.05) is 0 Å².